The summed E-state index contributed by atoms with van der Waals surface area (Å²) in [6, 6.07) is 13.4. The van der Waals surface area contributed by atoms with Gasteiger partial charge in [0, 0.05) is 24.8 Å². The van der Waals surface area contributed by atoms with Gasteiger partial charge in [-0.3, -0.25) is 0 Å². The molecule has 2 N–H and O–H groups in total. The molecule has 2 aromatic rings. The van der Waals surface area contributed by atoms with Crippen LogP contribution in [0.1, 0.15) is 23.6 Å². The molecule has 21 heavy (non-hydrogen) atoms. The molecule has 1 aliphatic rings. The van der Waals surface area contributed by atoms with Crippen LogP contribution in [0.3, 0.4) is 0 Å². The summed E-state index contributed by atoms with van der Waals surface area (Å²) in [6.45, 7) is 1.55. The van der Waals surface area contributed by atoms with E-state index in [0.717, 1.165) is 29.8 Å². The molecule has 1 unspecified atom stereocenters. The predicted molar refractivity (Wildman–Crippen MR) is 82.0 cm³/mol. The second-order valence-electron chi connectivity index (χ2n) is 5.34. The molecule has 0 fully saturated rings. The fourth-order valence-electron chi connectivity index (χ4n) is 2.85. The average Bonchev–Trinajstić information content (AvgIpc) is 2.51. The number of hydrogen-bond donors (Lipinski definition) is 1. The maximum atomic E-state index is 13.8. The van der Waals surface area contributed by atoms with E-state index in [2.05, 4.69) is 17.0 Å². The molecule has 3 nitrogen and oxygen atoms in total. The first kappa shape index (κ1) is 13.9. The predicted octanol–water partition coefficient (Wildman–Crippen LogP) is 3.24. The Morgan fingerprint density at radius 1 is 1.29 bits per heavy atom. The molecular weight excluding hydrogens is 267 g/mol. The number of fused-ring (bicyclic) bond motifs is 1. The second-order valence-corrected chi connectivity index (χ2v) is 5.34. The van der Waals surface area contributed by atoms with Gasteiger partial charge in [-0.1, -0.05) is 24.3 Å². The van der Waals surface area contributed by atoms with Crippen molar-refractivity contribution in [2.45, 2.75) is 19.0 Å². The van der Waals surface area contributed by atoms with E-state index in [0.29, 0.717) is 6.54 Å². The number of halogens is 1. The third-order valence-corrected chi connectivity index (χ3v) is 3.98. The Morgan fingerprint density at radius 2 is 2.10 bits per heavy atom. The van der Waals surface area contributed by atoms with Crippen molar-refractivity contribution in [1.29, 1.82) is 0 Å². The lowest BCUT2D eigenvalue weighted by Gasteiger charge is -2.34. The summed E-state index contributed by atoms with van der Waals surface area (Å²) in [5.74, 6) is -0.0446. The summed E-state index contributed by atoms with van der Waals surface area (Å²) in [5, 5.41) is 0. The van der Waals surface area contributed by atoms with E-state index in [9.17, 15) is 4.39 Å². The lowest BCUT2D eigenvalue weighted by Crippen LogP contribution is -2.33. The molecule has 0 spiro atoms. The van der Waals surface area contributed by atoms with Gasteiger partial charge >= 0.3 is 0 Å². The van der Waals surface area contributed by atoms with E-state index in [-0.39, 0.29) is 17.6 Å². The Hall–Kier alpha value is -2.07. The van der Waals surface area contributed by atoms with Crippen LogP contribution in [-0.4, -0.2) is 13.7 Å². The number of rotatable bonds is 3. The molecule has 0 amide bonds. The van der Waals surface area contributed by atoms with E-state index in [1.807, 2.05) is 18.2 Å². The Morgan fingerprint density at radius 3 is 2.86 bits per heavy atom. The summed E-state index contributed by atoms with van der Waals surface area (Å²) in [7, 11) is 1.47. The molecule has 110 valence electrons. The molecular formula is C17H19FN2O. The van der Waals surface area contributed by atoms with Gasteiger partial charge in [0.2, 0.25) is 0 Å². The lowest BCUT2D eigenvalue weighted by molar-refractivity contribution is 0.386. The van der Waals surface area contributed by atoms with Crippen LogP contribution in [0.5, 0.6) is 5.75 Å². The zero-order valence-corrected chi connectivity index (χ0v) is 12.1. The Balaban J connectivity index is 1.86. The highest BCUT2D eigenvalue weighted by Crippen LogP contribution is 2.33. The standard InChI is InChI=1S/C17H19FN2O/c1-21-17-7-6-12(10-14(17)18)11-20-9-8-15(19)13-4-2-3-5-16(13)20/h2-7,10,15H,8-9,11,19H2,1H3. The van der Waals surface area contributed by atoms with Crippen LogP contribution in [0.4, 0.5) is 10.1 Å². The summed E-state index contributed by atoms with van der Waals surface area (Å²) in [5.41, 5.74) is 9.40. The van der Waals surface area contributed by atoms with Crippen molar-refractivity contribution in [2.75, 3.05) is 18.6 Å². The minimum Gasteiger partial charge on any atom is -0.494 e. The Labute approximate surface area is 124 Å². The largest absolute Gasteiger partial charge is 0.494 e. The van der Waals surface area contributed by atoms with Crippen molar-refractivity contribution in [3.63, 3.8) is 0 Å². The topological polar surface area (TPSA) is 38.5 Å². The normalized spacial score (nSPS) is 17.5. The van der Waals surface area contributed by atoms with Crippen molar-refractivity contribution in [1.82, 2.24) is 0 Å². The van der Waals surface area contributed by atoms with Crippen LogP contribution in [0.15, 0.2) is 42.5 Å². The number of hydrogen-bond acceptors (Lipinski definition) is 3. The SMILES string of the molecule is COc1ccc(CN2CCC(N)c3ccccc32)cc1F. The zero-order valence-electron chi connectivity index (χ0n) is 12.1. The monoisotopic (exact) mass is 286 g/mol. The number of nitrogens with two attached hydrogens (primary N) is 1. The van der Waals surface area contributed by atoms with E-state index in [4.69, 9.17) is 10.5 Å². The molecule has 0 saturated heterocycles. The first-order valence-corrected chi connectivity index (χ1v) is 7.11. The van der Waals surface area contributed by atoms with E-state index in [1.165, 1.54) is 13.2 Å². The van der Waals surface area contributed by atoms with Gasteiger partial charge in [0.25, 0.3) is 0 Å². The lowest BCUT2D eigenvalue weighted by atomic mass is 9.97. The highest BCUT2D eigenvalue weighted by molar-refractivity contribution is 5.57. The molecule has 0 saturated carbocycles. The van der Waals surface area contributed by atoms with E-state index >= 15 is 0 Å². The van der Waals surface area contributed by atoms with Gasteiger partial charge in [0.15, 0.2) is 11.6 Å². The quantitative estimate of drug-likeness (QED) is 0.941. The summed E-state index contributed by atoms with van der Waals surface area (Å²) >= 11 is 0. The smallest absolute Gasteiger partial charge is 0.165 e. The highest BCUT2D eigenvalue weighted by atomic mass is 19.1. The van der Waals surface area contributed by atoms with Crippen molar-refractivity contribution in [3.8, 4) is 5.75 Å². The first-order chi connectivity index (χ1) is 10.2. The van der Waals surface area contributed by atoms with Gasteiger partial charge in [0.05, 0.1) is 7.11 Å². The summed E-state index contributed by atoms with van der Waals surface area (Å²) in [4.78, 5) is 2.25. The van der Waals surface area contributed by atoms with Gasteiger partial charge in [-0.2, -0.15) is 0 Å². The van der Waals surface area contributed by atoms with Gasteiger partial charge < -0.3 is 15.4 Å². The van der Waals surface area contributed by atoms with Crippen LogP contribution in [-0.2, 0) is 6.54 Å². The highest BCUT2D eigenvalue weighted by Gasteiger charge is 2.22. The zero-order chi connectivity index (χ0) is 14.8. The fourth-order valence-corrected chi connectivity index (χ4v) is 2.85. The minimum absolute atomic E-state index is 0.0880. The number of benzene rings is 2. The molecule has 0 bridgehead atoms. The molecule has 3 rings (SSSR count). The van der Waals surface area contributed by atoms with Crippen molar-refractivity contribution >= 4 is 5.69 Å². The van der Waals surface area contributed by atoms with Crippen molar-refractivity contribution in [2.24, 2.45) is 5.73 Å². The number of para-hydroxylation sites is 1. The van der Waals surface area contributed by atoms with E-state index in [1.54, 1.807) is 6.07 Å². The third-order valence-electron chi connectivity index (χ3n) is 3.98. The molecule has 1 heterocycles. The average molecular weight is 286 g/mol. The van der Waals surface area contributed by atoms with Crippen molar-refractivity contribution < 1.29 is 9.13 Å². The fraction of sp³-hybridized carbons (Fsp3) is 0.294. The molecule has 1 atom stereocenters. The van der Waals surface area contributed by atoms with Crippen LogP contribution >= 0.6 is 0 Å². The Bertz CT molecular complexity index is 644. The molecule has 0 aromatic heterocycles. The molecule has 0 aliphatic carbocycles. The number of methoxy groups -OCH3 is 1. The second kappa shape index (κ2) is 5.74. The minimum atomic E-state index is -0.322. The van der Waals surface area contributed by atoms with E-state index < -0.39 is 0 Å². The van der Waals surface area contributed by atoms with Gasteiger partial charge in [-0.25, -0.2) is 4.39 Å². The Kier molecular flexibility index (Phi) is 3.80. The first-order valence-electron chi connectivity index (χ1n) is 7.11. The van der Waals surface area contributed by atoms with Crippen LogP contribution in [0.25, 0.3) is 0 Å². The maximum Gasteiger partial charge on any atom is 0.165 e. The molecule has 1 aliphatic heterocycles. The third kappa shape index (κ3) is 2.72. The summed E-state index contributed by atoms with van der Waals surface area (Å²) in [6.07, 6.45) is 0.912. The van der Waals surface area contributed by atoms with Crippen LogP contribution in [0, 0.1) is 5.82 Å². The van der Waals surface area contributed by atoms with Gasteiger partial charge in [-0.15, -0.1) is 0 Å². The van der Waals surface area contributed by atoms with Crippen LogP contribution < -0.4 is 15.4 Å². The molecule has 0 radical (unpaired) electrons. The maximum absolute atomic E-state index is 13.8. The number of ether oxygens (including phenoxy) is 1. The molecule has 4 heteroatoms. The number of nitrogens with zero attached hydrogens (tertiary/aromatic N) is 1. The summed E-state index contributed by atoms with van der Waals surface area (Å²) < 4.78 is 18.8. The van der Waals surface area contributed by atoms with Crippen LogP contribution in [0.2, 0.25) is 0 Å². The van der Waals surface area contributed by atoms with Gasteiger partial charge in [0.1, 0.15) is 0 Å². The van der Waals surface area contributed by atoms with Crippen molar-refractivity contribution in [3.05, 3.63) is 59.4 Å². The molecule has 2 aromatic carbocycles. The van der Waals surface area contributed by atoms with Gasteiger partial charge in [-0.05, 0) is 35.7 Å². The number of anilines is 1.